The van der Waals surface area contributed by atoms with E-state index in [4.69, 9.17) is 0 Å². The van der Waals surface area contributed by atoms with E-state index in [9.17, 15) is 0 Å². The summed E-state index contributed by atoms with van der Waals surface area (Å²) in [6, 6.07) is 4.83. The van der Waals surface area contributed by atoms with E-state index in [0.29, 0.717) is 6.04 Å². The molecule has 1 unspecified atom stereocenters. The fraction of sp³-hybridized carbons (Fsp3) is 0.706. The molecule has 106 valence electrons. The molecule has 0 aromatic carbocycles. The second-order valence-electron chi connectivity index (χ2n) is 6.42. The number of nitrogens with zero attached hydrogens (tertiary/aromatic N) is 1. The molecule has 0 bridgehead atoms. The van der Waals surface area contributed by atoms with Crippen LogP contribution in [0.1, 0.15) is 56.8 Å². The minimum absolute atomic E-state index is 0.473. The van der Waals surface area contributed by atoms with Gasteiger partial charge in [0.05, 0.1) is 0 Å². The van der Waals surface area contributed by atoms with Gasteiger partial charge in [-0.1, -0.05) is 19.9 Å². The van der Waals surface area contributed by atoms with Crippen molar-refractivity contribution in [1.29, 1.82) is 0 Å². The van der Waals surface area contributed by atoms with Crippen LogP contribution < -0.4 is 5.32 Å². The van der Waals surface area contributed by atoms with E-state index in [2.05, 4.69) is 43.3 Å². The van der Waals surface area contributed by atoms with E-state index in [0.717, 1.165) is 23.4 Å². The first-order chi connectivity index (χ1) is 9.11. The molecule has 1 saturated carbocycles. The first kappa shape index (κ1) is 14.5. The van der Waals surface area contributed by atoms with Crippen LogP contribution in [0.4, 0.5) is 0 Å². The van der Waals surface area contributed by atoms with Crippen molar-refractivity contribution >= 4 is 0 Å². The van der Waals surface area contributed by atoms with Crippen LogP contribution in [-0.2, 0) is 0 Å². The van der Waals surface area contributed by atoms with Crippen LogP contribution in [0.25, 0.3) is 0 Å². The molecule has 19 heavy (non-hydrogen) atoms. The minimum atomic E-state index is 0.473. The normalized spacial score (nSPS) is 25.5. The zero-order valence-corrected chi connectivity index (χ0v) is 12.8. The van der Waals surface area contributed by atoms with Crippen LogP contribution in [-0.4, -0.2) is 12.0 Å². The standard InChI is InChI=1S/C17H28N2/c1-12(2)14-7-9-15(10-8-14)17(18-4)16-6-5-13(3)19-11-16/h5-6,11-12,14-15,17-18H,7-10H2,1-4H3. The Morgan fingerprint density at radius 2 is 1.74 bits per heavy atom. The van der Waals surface area contributed by atoms with Gasteiger partial charge in [-0.2, -0.15) is 0 Å². The molecule has 0 saturated heterocycles. The molecule has 1 fully saturated rings. The van der Waals surface area contributed by atoms with Crippen molar-refractivity contribution in [1.82, 2.24) is 10.3 Å². The van der Waals surface area contributed by atoms with Gasteiger partial charge in [-0.3, -0.25) is 4.98 Å². The van der Waals surface area contributed by atoms with Gasteiger partial charge in [-0.05, 0) is 69.0 Å². The Bertz CT molecular complexity index is 375. The van der Waals surface area contributed by atoms with E-state index in [1.807, 2.05) is 13.1 Å². The number of pyridine rings is 1. The Kier molecular flexibility index (Phi) is 4.98. The summed E-state index contributed by atoms with van der Waals surface area (Å²) in [6.45, 7) is 6.78. The van der Waals surface area contributed by atoms with Gasteiger partial charge in [0.2, 0.25) is 0 Å². The highest BCUT2D eigenvalue weighted by Crippen LogP contribution is 2.39. The highest BCUT2D eigenvalue weighted by molar-refractivity contribution is 5.18. The quantitative estimate of drug-likeness (QED) is 0.881. The summed E-state index contributed by atoms with van der Waals surface area (Å²) in [7, 11) is 2.08. The molecular weight excluding hydrogens is 232 g/mol. The first-order valence-electron chi connectivity index (χ1n) is 7.71. The zero-order valence-electron chi connectivity index (χ0n) is 12.8. The molecule has 1 aromatic heterocycles. The number of rotatable bonds is 4. The molecule has 2 rings (SSSR count). The van der Waals surface area contributed by atoms with Crippen LogP contribution >= 0.6 is 0 Å². The van der Waals surface area contributed by atoms with Gasteiger partial charge in [0, 0.05) is 17.9 Å². The number of hydrogen-bond acceptors (Lipinski definition) is 2. The summed E-state index contributed by atoms with van der Waals surface area (Å²) in [5.74, 6) is 2.55. The number of aryl methyl sites for hydroxylation is 1. The number of nitrogens with one attached hydrogen (secondary N) is 1. The average molecular weight is 260 g/mol. The van der Waals surface area contributed by atoms with Crippen LogP contribution in [0, 0.1) is 24.7 Å². The predicted molar refractivity (Wildman–Crippen MR) is 81.1 cm³/mol. The molecule has 0 spiro atoms. The molecule has 0 radical (unpaired) electrons. The summed E-state index contributed by atoms with van der Waals surface area (Å²) in [5, 5.41) is 3.51. The lowest BCUT2D eigenvalue weighted by molar-refractivity contribution is 0.192. The fourth-order valence-corrected chi connectivity index (χ4v) is 3.48. The minimum Gasteiger partial charge on any atom is -0.313 e. The maximum atomic E-state index is 4.45. The van der Waals surface area contributed by atoms with Gasteiger partial charge < -0.3 is 5.32 Å². The van der Waals surface area contributed by atoms with E-state index in [1.54, 1.807) is 0 Å². The Hall–Kier alpha value is -0.890. The summed E-state index contributed by atoms with van der Waals surface area (Å²) < 4.78 is 0. The number of aromatic nitrogens is 1. The van der Waals surface area contributed by atoms with Crippen molar-refractivity contribution in [2.75, 3.05) is 7.05 Å². The molecule has 1 heterocycles. The summed E-state index contributed by atoms with van der Waals surface area (Å²) in [5.41, 5.74) is 2.45. The molecule has 2 heteroatoms. The SMILES string of the molecule is CNC(c1ccc(C)nc1)C1CCC(C(C)C)CC1. The fourth-order valence-electron chi connectivity index (χ4n) is 3.48. The van der Waals surface area contributed by atoms with Crippen molar-refractivity contribution in [2.24, 2.45) is 17.8 Å². The Balaban J connectivity index is 2.01. The van der Waals surface area contributed by atoms with Crippen molar-refractivity contribution < 1.29 is 0 Å². The second kappa shape index (κ2) is 6.51. The van der Waals surface area contributed by atoms with E-state index >= 15 is 0 Å². The molecule has 1 aromatic rings. The predicted octanol–water partition coefficient (Wildman–Crippen LogP) is 4.11. The van der Waals surface area contributed by atoms with Gasteiger partial charge in [0.25, 0.3) is 0 Å². The highest BCUT2D eigenvalue weighted by Gasteiger charge is 2.28. The third kappa shape index (κ3) is 3.56. The van der Waals surface area contributed by atoms with Gasteiger partial charge in [0.15, 0.2) is 0 Å². The molecule has 2 nitrogen and oxygen atoms in total. The molecule has 0 aliphatic heterocycles. The molecule has 1 N–H and O–H groups in total. The zero-order chi connectivity index (χ0) is 13.8. The monoisotopic (exact) mass is 260 g/mol. The maximum Gasteiger partial charge on any atom is 0.0372 e. The van der Waals surface area contributed by atoms with E-state index in [-0.39, 0.29) is 0 Å². The molecule has 1 aliphatic carbocycles. The van der Waals surface area contributed by atoms with Crippen LogP contribution in [0.2, 0.25) is 0 Å². The van der Waals surface area contributed by atoms with Crippen LogP contribution in [0.3, 0.4) is 0 Å². The van der Waals surface area contributed by atoms with Crippen molar-refractivity contribution in [3.8, 4) is 0 Å². The lowest BCUT2D eigenvalue weighted by atomic mass is 9.73. The average Bonchev–Trinajstić information content (AvgIpc) is 2.42. The maximum absolute atomic E-state index is 4.45. The second-order valence-corrected chi connectivity index (χ2v) is 6.42. The smallest absolute Gasteiger partial charge is 0.0372 e. The summed E-state index contributed by atoms with van der Waals surface area (Å²) in [4.78, 5) is 4.45. The molecular formula is C17H28N2. The van der Waals surface area contributed by atoms with Crippen LogP contribution in [0.15, 0.2) is 18.3 Å². The first-order valence-corrected chi connectivity index (χ1v) is 7.71. The summed E-state index contributed by atoms with van der Waals surface area (Å²) >= 11 is 0. The van der Waals surface area contributed by atoms with Crippen molar-refractivity contribution in [3.05, 3.63) is 29.6 Å². The van der Waals surface area contributed by atoms with Crippen LogP contribution in [0.5, 0.6) is 0 Å². The molecule has 0 amide bonds. The third-order valence-corrected chi connectivity index (χ3v) is 4.84. The topological polar surface area (TPSA) is 24.9 Å². The van der Waals surface area contributed by atoms with E-state index in [1.165, 1.54) is 31.2 Å². The van der Waals surface area contributed by atoms with Crippen molar-refractivity contribution in [3.63, 3.8) is 0 Å². The third-order valence-electron chi connectivity index (χ3n) is 4.84. The van der Waals surface area contributed by atoms with Gasteiger partial charge >= 0.3 is 0 Å². The largest absolute Gasteiger partial charge is 0.313 e. The highest BCUT2D eigenvalue weighted by atomic mass is 14.9. The Labute approximate surface area is 118 Å². The number of hydrogen-bond donors (Lipinski definition) is 1. The van der Waals surface area contributed by atoms with Gasteiger partial charge in [-0.25, -0.2) is 0 Å². The lowest BCUT2D eigenvalue weighted by Gasteiger charge is -2.35. The Morgan fingerprint density at radius 1 is 1.11 bits per heavy atom. The van der Waals surface area contributed by atoms with Gasteiger partial charge in [-0.15, -0.1) is 0 Å². The lowest BCUT2D eigenvalue weighted by Crippen LogP contribution is -2.29. The van der Waals surface area contributed by atoms with Gasteiger partial charge in [0.1, 0.15) is 0 Å². The molecule has 1 aliphatic rings. The Morgan fingerprint density at radius 3 is 2.21 bits per heavy atom. The van der Waals surface area contributed by atoms with Crippen molar-refractivity contribution in [2.45, 2.75) is 52.5 Å². The molecule has 1 atom stereocenters. The summed E-state index contributed by atoms with van der Waals surface area (Å²) in [6.07, 6.45) is 7.52. The van der Waals surface area contributed by atoms with E-state index < -0.39 is 0 Å².